The summed E-state index contributed by atoms with van der Waals surface area (Å²) in [5, 5.41) is 0. The van der Waals surface area contributed by atoms with E-state index in [-0.39, 0.29) is 11.5 Å². The topological polar surface area (TPSA) is 55.4 Å². The molecular formula is C22H28O6P2. The summed E-state index contributed by atoms with van der Waals surface area (Å²) >= 11 is 0. The monoisotopic (exact) mass is 450 g/mol. The van der Waals surface area contributed by atoms with Crippen molar-refractivity contribution in [1.82, 2.24) is 0 Å². The zero-order valence-corrected chi connectivity index (χ0v) is 19.4. The van der Waals surface area contributed by atoms with E-state index >= 15 is 0 Å². The number of rotatable bonds is 6. The minimum atomic E-state index is -1.38. The van der Waals surface area contributed by atoms with Gasteiger partial charge in [0.05, 0.1) is 44.6 Å². The van der Waals surface area contributed by atoms with Crippen molar-refractivity contribution in [2.24, 2.45) is 5.41 Å². The fourth-order valence-corrected chi connectivity index (χ4v) is 5.88. The van der Waals surface area contributed by atoms with Crippen LogP contribution in [0.15, 0.2) is 48.5 Å². The minimum absolute atomic E-state index is 0.0867. The van der Waals surface area contributed by atoms with Gasteiger partial charge in [-0.25, -0.2) is 0 Å². The highest BCUT2D eigenvalue weighted by molar-refractivity contribution is 7.42. The third-order valence-electron chi connectivity index (χ3n) is 5.38. The third kappa shape index (κ3) is 5.45. The lowest BCUT2D eigenvalue weighted by Gasteiger charge is -2.41. The molecule has 0 amide bonds. The van der Waals surface area contributed by atoms with Crippen molar-refractivity contribution in [2.75, 3.05) is 26.4 Å². The second kappa shape index (κ2) is 10.1. The first-order valence-corrected chi connectivity index (χ1v) is 12.3. The molecule has 2 aromatic rings. The van der Waals surface area contributed by atoms with Gasteiger partial charge in [-0.05, 0) is 43.0 Å². The van der Waals surface area contributed by atoms with Gasteiger partial charge in [-0.15, -0.1) is 0 Å². The van der Waals surface area contributed by atoms with Crippen LogP contribution in [-0.4, -0.2) is 26.4 Å². The van der Waals surface area contributed by atoms with Crippen molar-refractivity contribution < 1.29 is 27.1 Å². The van der Waals surface area contributed by atoms with Crippen LogP contribution < -0.4 is 0 Å². The van der Waals surface area contributed by atoms with E-state index < -0.39 is 17.2 Å². The van der Waals surface area contributed by atoms with Crippen molar-refractivity contribution in [2.45, 2.75) is 33.5 Å². The quantitative estimate of drug-likeness (QED) is 0.494. The summed E-state index contributed by atoms with van der Waals surface area (Å²) in [6.45, 7) is 8.62. The molecule has 2 heterocycles. The van der Waals surface area contributed by atoms with Gasteiger partial charge in [0.1, 0.15) is 0 Å². The highest BCUT2D eigenvalue weighted by Gasteiger charge is 2.44. The van der Waals surface area contributed by atoms with E-state index in [4.69, 9.17) is 27.1 Å². The fraction of sp³-hybridized carbons (Fsp3) is 0.455. The molecule has 1 spiro atoms. The van der Waals surface area contributed by atoms with E-state index in [1.165, 1.54) is 16.7 Å². The summed E-state index contributed by atoms with van der Waals surface area (Å²) in [6, 6.07) is 16.3. The predicted molar refractivity (Wildman–Crippen MR) is 117 cm³/mol. The molecule has 6 nitrogen and oxygen atoms in total. The predicted octanol–water partition coefficient (Wildman–Crippen LogP) is 6.13. The molecule has 0 radical (unpaired) electrons. The molecule has 2 aromatic carbocycles. The molecule has 2 fully saturated rings. The Morgan fingerprint density at radius 1 is 0.833 bits per heavy atom. The number of aryl methyl sites for hydroxylation is 2. The average molecular weight is 450 g/mol. The summed E-state index contributed by atoms with van der Waals surface area (Å²) in [5.41, 5.74) is 4.41. The van der Waals surface area contributed by atoms with Crippen molar-refractivity contribution in [3.63, 3.8) is 0 Å². The van der Waals surface area contributed by atoms with Crippen molar-refractivity contribution in [1.29, 1.82) is 0 Å². The molecule has 8 heteroatoms. The molecular weight excluding hydrogens is 422 g/mol. The summed E-state index contributed by atoms with van der Waals surface area (Å²) in [7, 11) is -2.74. The van der Waals surface area contributed by atoms with Crippen molar-refractivity contribution in [3.8, 4) is 0 Å². The Balaban J connectivity index is 1.22. The first kappa shape index (κ1) is 22.3. The first-order valence-electron chi connectivity index (χ1n) is 10.1. The summed E-state index contributed by atoms with van der Waals surface area (Å²) in [5.74, 6) is 0. The highest BCUT2D eigenvalue weighted by Crippen LogP contribution is 2.54. The van der Waals surface area contributed by atoms with Crippen LogP contribution in [-0.2, 0) is 33.7 Å². The minimum Gasteiger partial charge on any atom is -0.311 e. The van der Waals surface area contributed by atoms with Crippen LogP contribution in [0.2, 0.25) is 0 Å². The Morgan fingerprint density at radius 3 is 2.00 bits per heavy atom. The van der Waals surface area contributed by atoms with Gasteiger partial charge < -0.3 is 27.1 Å². The van der Waals surface area contributed by atoms with Crippen molar-refractivity contribution >= 4 is 17.2 Å². The maximum absolute atomic E-state index is 5.96. The normalized spacial score (nSPS) is 27.8. The van der Waals surface area contributed by atoms with Crippen LogP contribution in [0, 0.1) is 19.3 Å². The Labute approximate surface area is 180 Å². The Hall–Kier alpha value is -0.940. The number of hydrogen-bond acceptors (Lipinski definition) is 6. The van der Waals surface area contributed by atoms with Crippen LogP contribution in [0.5, 0.6) is 0 Å². The molecule has 1 atom stereocenters. The molecule has 0 aromatic heterocycles. The van der Waals surface area contributed by atoms with Crippen LogP contribution in [0.3, 0.4) is 0 Å². The van der Waals surface area contributed by atoms with E-state index in [2.05, 4.69) is 32.0 Å². The van der Waals surface area contributed by atoms with Gasteiger partial charge >= 0.3 is 17.2 Å². The Morgan fingerprint density at radius 2 is 1.40 bits per heavy atom. The SMILES string of the molecule is Cc1cccc(C)c1COP1OCC2(CO1)COP(OC(C)c1ccccc1)OC2. The van der Waals surface area contributed by atoms with Crippen LogP contribution in [0.4, 0.5) is 0 Å². The molecule has 0 N–H and O–H groups in total. The maximum Gasteiger partial charge on any atom is 0.333 e. The molecule has 4 rings (SSSR count). The van der Waals surface area contributed by atoms with Gasteiger partial charge in [0, 0.05) is 0 Å². The van der Waals surface area contributed by atoms with Gasteiger partial charge in [0.2, 0.25) is 0 Å². The molecule has 1 unspecified atom stereocenters. The average Bonchev–Trinajstić information content (AvgIpc) is 2.77. The van der Waals surface area contributed by atoms with E-state index in [1.807, 2.05) is 37.3 Å². The van der Waals surface area contributed by atoms with Gasteiger partial charge in [-0.2, -0.15) is 0 Å². The van der Waals surface area contributed by atoms with Crippen molar-refractivity contribution in [3.05, 3.63) is 70.8 Å². The Bertz CT molecular complexity index is 795. The largest absolute Gasteiger partial charge is 0.333 e. The van der Waals surface area contributed by atoms with Gasteiger partial charge in [0.15, 0.2) is 0 Å². The van der Waals surface area contributed by atoms with Crippen LogP contribution in [0.1, 0.15) is 35.3 Å². The van der Waals surface area contributed by atoms with E-state index in [0.29, 0.717) is 33.0 Å². The smallest absolute Gasteiger partial charge is 0.311 e. The lowest BCUT2D eigenvalue weighted by atomic mass is 9.93. The number of benzene rings is 2. The standard InChI is InChI=1S/C22H28O6P2/c1-17-8-7-9-18(2)21(17)12-23-29-24-13-22(14-25-29)15-26-30(27-16-22)28-19(3)20-10-5-4-6-11-20/h4-11,19H,12-16H2,1-3H3. The lowest BCUT2D eigenvalue weighted by molar-refractivity contribution is -0.0791. The fourth-order valence-electron chi connectivity index (χ4n) is 3.33. The third-order valence-corrected chi connectivity index (χ3v) is 7.56. The second-order valence-corrected chi connectivity index (χ2v) is 10.2. The molecule has 2 saturated heterocycles. The highest BCUT2D eigenvalue weighted by atomic mass is 31.2. The first-order chi connectivity index (χ1) is 14.5. The number of hydrogen-bond donors (Lipinski definition) is 0. The van der Waals surface area contributed by atoms with Crippen LogP contribution >= 0.6 is 17.2 Å². The van der Waals surface area contributed by atoms with E-state index in [9.17, 15) is 0 Å². The molecule has 2 aliphatic heterocycles. The second-order valence-electron chi connectivity index (χ2n) is 7.84. The molecule has 162 valence electrons. The molecule has 0 bridgehead atoms. The summed E-state index contributed by atoms with van der Waals surface area (Å²) in [4.78, 5) is 0. The van der Waals surface area contributed by atoms with E-state index in [1.54, 1.807) is 0 Å². The van der Waals surface area contributed by atoms with Gasteiger partial charge in [-0.3, -0.25) is 0 Å². The zero-order valence-electron chi connectivity index (χ0n) is 17.6. The maximum atomic E-state index is 5.96. The Kier molecular flexibility index (Phi) is 7.51. The summed E-state index contributed by atoms with van der Waals surface area (Å²) in [6.07, 6.45) is -0.0867. The van der Waals surface area contributed by atoms with E-state index in [0.717, 1.165) is 5.56 Å². The molecule has 30 heavy (non-hydrogen) atoms. The lowest BCUT2D eigenvalue weighted by Crippen LogP contribution is -2.44. The molecule has 2 aliphatic rings. The van der Waals surface area contributed by atoms with Crippen LogP contribution in [0.25, 0.3) is 0 Å². The summed E-state index contributed by atoms with van der Waals surface area (Å²) < 4.78 is 35.4. The molecule has 0 saturated carbocycles. The van der Waals surface area contributed by atoms with Gasteiger partial charge in [-0.1, -0.05) is 48.5 Å². The molecule has 0 aliphatic carbocycles. The zero-order chi connectivity index (χ0) is 21.0. The van der Waals surface area contributed by atoms with Gasteiger partial charge in [0.25, 0.3) is 0 Å².